The van der Waals surface area contributed by atoms with Gasteiger partial charge in [0.1, 0.15) is 0 Å². The molecule has 1 aromatic carbocycles. The Labute approximate surface area is 122 Å². The molecular weight excluding hydrogens is 284 g/mol. The minimum Gasteiger partial charge on any atom is -0.330 e. The van der Waals surface area contributed by atoms with Crippen molar-refractivity contribution in [3.8, 4) is 0 Å². The second kappa shape index (κ2) is 8.53. The largest absolute Gasteiger partial charge is 0.330 e. The maximum Gasteiger partial charge on any atom is 0.240 e. The monoisotopic (exact) mass is 306 g/mol. The van der Waals surface area contributed by atoms with Crippen LogP contribution in [0.1, 0.15) is 25.8 Å². The lowest BCUT2D eigenvalue weighted by molar-refractivity contribution is 0.579. The molecule has 0 aromatic heterocycles. The van der Waals surface area contributed by atoms with Crippen molar-refractivity contribution in [1.82, 2.24) is 4.72 Å². The zero-order valence-corrected chi connectivity index (χ0v) is 13.1. The van der Waals surface area contributed by atoms with Crippen LogP contribution in [0.15, 0.2) is 29.2 Å². The Morgan fingerprint density at radius 2 is 1.79 bits per heavy atom. The van der Waals surface area contributed by atoms with E-state index in [1.807, 2.05) is 12.1 Å². The van der Waals surface area contributed by atoms with E-state index in [-0.39, 0.29) is 12.4 Å². The molecule has 0 aliphatic rings. The minimum atomic E-state index is -3.38. The number of benzene rings is 1. The van der Waals surface area contributed by atoms with Gasteiger partial charge in [-0.05, 0) is 43.0 Å². The van der Waals surface area contributed by atoms with E-state index in [1.165, 1.54) is 0 Å². The summed E-state index contributed by atoms with van der Waals surface area (Å²) in [5.74, 6) is 0.565. The number of halogens is 1. The second-order valence-corrected chi connectivity index (χ2v) is 6.55. The van der Waals surface area contributed by atoms with Gasteiger partial charge in [-0.25, -0.2) is 13.1 Å². The third-order valence-electron chi connectivity index (χ3n) is 2.55. The highest BCUT2D eigenvalue weighted by Crippen LogP contribution is 2.13. The van der Waals surface area contributed by atoms with Gasteiger partial charge in [0, 0.05) is 6.54 Å². The summed E-state index contributed by atoms with van der Waals surface area (Å²) < 4.78 is 26.3. The molecule has 1 aromatic rings. The van der Waals surface area contributed by atoms with Gasteiger partial charge in [0.15, 0.2) is 0 Å². The van der Waals surface area contributed by atoms with E-state index < -0.39 is 10.0 Å². The molecule has 0 saturated carbocycles. The van der Waals surface area contributed by atoms with Gasteiger partial charge in [0.25, 0.3) is 0 Å². The summed E-state index contributed by atoms with van der Waals surface area (Å²) in [4.78, 5) is 0.312. The minimum absolute atomic E-state index is 0. The van der Waals surface area contributed by atoms with E-state index in [4.69, 9.17) is 5.73 Å². The van der Waals surface area contributed by atoms with Crippen molar-refractivity contribution in [1.29, 1.82) is 0 Å². The predicted molar refractivity (Wildman–Crippen MR) is 81.1 cm³/mol. The van der Waals surface area contributed by atoms with Gasteiger partial charge in [-0.2, -0.15) is 0 Å². The van der Waals surface area contributed by atoms with Gasteiger partial charge < -0.3 is 5.73 Å². The van der Waals surface area contributed by atoms with Crippen molar-refractivity contribution in [2.75, 3.05) is 13.1 Å². The first kappa shape index (κ1) is 18.4. The number of sulfonamides is 1. The summed E-state index contributed by atoms with van der Waals surface area (Å²) in [6.45, 7) is 5.14. The van der Waals surface area contributed by atoms with Crippen LogP contribution in [0, 0.1) is 5.92 Å². The van der Waals surface area contributed by atoms with E-state index in [0.29, 0.717) is 30.3 Å². The van der Waals surface area contributed by atoms with Crippen LogP contribution in [0.4, 0.5) is 0 Å². The van der Waals surface area contributed by atoms with Crippen LogP contribution < -0.4 is 10.5 Å². The molecule has 3 N–H and O–H groups in total. The van der Waals surface area contributed by atoms with Crippen LogP contribution in [0.3, 0.4) is 0 Å². The quantitative estimate of drug-likeness (QED) is 0.756. The Morgan fingerprint density at radius 3 is 2.26 bits per heavy atom. The van der Waals surface area contributed by atoms with Crippen LogP contribution in [0.2, 0.25) is 0 Å². The predicted octanol–water partition coefficient (Wildman–Crippen LogP) is 1.93. The molecule has 0 aliphatic carbocycles. The third kappa shape index (κ3) is 6.38. The molecule has 0 atom stereocenters. The molecule has 0 spiro atoms. The fourth-order valence-corrected chi connectivity index (χ4v) is 2.74. The third-order valence-corrected chi connectivity index (χ3v) is 4.03. The normalized spacial score (nSPS) is 11.4. The number of nitrogens with two attached hydrogens (primary N) is 1. The molecular formula is C13H23ClN2O2S. The molecule has 6 heteroatoms. The highest BCUT2D eigenvalue weighted by Gasteiger charge is 2.12. The van der Waals surface area contributed by atoms with Crippen molar-refractivity contribution >= 4 is 22.4 Å². The topological polar surface area (TPSA) is 72.2 Å². The molecule has 1 rings (SSSR count). The number of hydrogen-bond acceptors (Lipinski definition) is 3. The molecule has 4 nitrogen and oxygen atoms in total. The summed E-state index contributed by atoms with van der Waals surface area (Å²) in [6.07, 6.45) is 1.60. The summed E-state index contributed by atoms with van der Waals surface area (Å²) in [7, 11) is -3.38. The lowest BCUT2D eigenvalue weighted by Crippen LogP contribution is -2.26. The maximum absolute atomic E-state index is 11.9. The zero-order chi connectivity index (χ0) is 13.6. The van der Waals surface area contributed by atoms with Gasteiger partial charge in [-0.3, -0.25) is 0 Å². The molecule has 0 amide bonds. The van der Waals surface area contributed by atoms with Gasteiger partial charge in [0.05, 0.1) is 4.90 Å². The first-order valence-corrected chi connectivity index (χ1v) is 7.72. The van der Waals surface area contributed by atoms with Crippen molar-refractivity contribution in [2.24, 2.45) is 11.7 Å². The number of rotatable bonds is 7. The van der Waals surface area contributed by atoms with Crippen LogP contribution >= 0.6 is 12.4 Å². The van der Waals surface area contributed by atoms with Crippen molar-refractivity contribution in [2.45, 2.75) is 31.6 Å². The Balaban J connectivity index is 0.00000324. The Morgan fingerprint density at radius 1 is 1.21 bits per heavy atom. The molecule has 19 heavy (non-hydrogen) atoms. The Bertz CT molecular complexity index is 458. The zero-order valence-electron chi connectivity index (χ0n) is 11.4. The number of hydrogen-bond donors (Lipinski definition) is 2. The summed E-state index contributed by atoms with van der Waals surface area (Å²) >= 11 is 0. The molecule has 0 heterocycles. The van der Waals surface area contributed by atoms with E-state index in [0.717, 1.165) is 12.0 Å². The van der Waals surface area contributed by atoms with E-state index in [2.05, 4.69) is 18.6 Å². The van der Waals surface area contributed by atoms with Crippen LogP contribution in [0.5, 0.6) is 0 Å². The van der Waals surface area contributed by atoms with E-state index in [1.54, 1.807) is 12.1 Å². The SMILES string of the molecule is CC(C)Cc1ccc(S(=O)(=O)NCCCN)cc1.Cl. The number of nitrogens with one attached hydrogen (secondary N) is 1. The lowest BCUT2D eigenvalue weighted by Gasteiger charge is -2.08. The molecule has 0 aliphatic heterocycles. The average molecular weight is 307 g/mol. The maximum atomic E-state index is 11.9. The summed E-state index contributed by atoms with van der Waals surface area (Å²) in [5, 5.41) is 0. The first-order valence-electron chi connectivity index (χ1n) is 6.24. The standard InChI is InChI=1S/C13H22N2O2S.ClH/c1-11(2)10-12-4-6-13(7-5-12)18(16,17)15-9-3-8-14;/h4-7,11,15H,3,8-10,14H2,1-2H3;1H. The van der Waals surface area contributed by atoms with Gasteiger partial charge in [-0.15, -0.1) is 12.4 Å². The summed E-state index contributed by atoms with van der Waals surface area (Å²) in [5.41, 5.74) is 6.49. The highest BCUT2D eigenvalue weighted by atomic mass is 35.5. The van der Waals surface area contributed by atoms with Gasteiger partial charge in [0.2, 0.25) is 10.0 Å². The van der Waals surface area contributed by atoms with Crippen molar-refractivity contribution in [3.05, 3.63) is 29.8 Å². The molecule has 110 valence electrons. The van der Waals surface area contributed by atoms with Crippen molar-refractivity contribution in [3.63, 3.8) is 0 Å². The van der Waals surface area contributed by atoms with Gasteiger partial charge in [-0.1, -0.05) is 26.0 Å². The van der Waals surface area contributed by atoms with Crippen LogP contribution in [-0.4, -0.2) is 21.5 Å². The average Bonchev–Trinajstić information content (AvgIpc) is 2.29. The van der Waals surface area contributed by atoms with E-state index >= 15 is 0 Å². The smallest absolute Gasteiger partial charge is 0.240 e. The fraction of sp³-hybridized carbons (Fsp3) is 0.538. The molecule has 0 saturated heterocycles. The fourth-order valence-electron chi connectivity index (χ4n) is 1.67. The molecule has 0 radical (unpaired) electrons. The van der Waals surface area contributed by atoms with Crippen LogP contribution in [-0.2, 0) is 16.4 Å². The Hall–Kier alpha value is -0.620. The molecule has 0 unspecified atom stereocenters. The van der Waals surface area contributed by atoms with Gasteiger partial charge >= 0.3 is 0 Å². The highest BCUT2D eigenvalue weighted by molar-refractivity contribution is 7.89. The summed E-state index contributed by atoms with van der Waals surface area (Å²) in [6, 6.07) is 7.06. The second-order valence-electron chi connectivity index (χ2n) is 4.78. The van der Waals surface area contributed by atoms with Crippen molar-refractivity contribution < 1.29 is 8.42 Å². The molecule has 0 bridgehead atoms. The molecule has 0 fully saturated rings. The Kier molecular flexibility index (Phi) is 8.25. The van der Waals surface area contributed by atoms with Crippen LogP contribution in [0.25, 0.3) is 0 Å². The lowest BCUT2D eigenvalue weighted by atomic mass is 10.0. The van der Waals surface area contributed by atoms with E-state index in [9.17, 15) is 8.42 Å². The first-order chi connectivity index (χ1) is 8.45.